The first-order valence-electron chi connectivity index (χ1n) is 9.11. The molecule has 0 radical (unpaired) electrons. The maximum Gasteiger partial charge on any atom is 0.253 e. The fourth-order valence-corrected chi connectivity index (χ4v) is 4.49. The van der Waals surface area contributed by atoms with Gasteiger partial charge in [0.25, 0.3) is 5.91 Å². The minimum Gasteiger partial charge on any atom is -0.378 e. The van der Waals surface area contributed by atoms with Gasteiger partial charge in [0.05, 0.1) is 4.90 Å². The van der Waals surface area contributed by atoms with Gasteiger partial charge in [-0.1, -0.05) is 0 Å². The van der Waals surface area contributed by atoms with E-state index < -0.39 is 15.8 Å². The van der Waals surface area contributed by atoms with Gasteiger partial charge in [0.1, 0.15) is 5.82 Å². The summed E-state index contributed by atoms with van der Waals surface area (Å²) in [6.07, 6.45) is 1.06. The summed E-state index contributed by atoms with van der Waals surface area (Å²) in [6, 6.07) is 11.9. The fourth-order valence-electron chi connectivity index (χ4n) is 3.19. The van der Waals surface area contributed by atoms with Crippen molar-refractivity contribution in [1.29, 1.82) is 0 Å². The van der Waals surface area contributed by atoms with Crippen LogP contribution >= 0.6 is 0 Å². The van der Waals surface area contributed by atoms with Crippen LogP contribution in [0.15, 0.2) is 53.4 Å². The Morgan fingerprint density at radius 1 is 1.04 bits per heavy atom. The molecule has 1 saturated heterocycles. The molecule has 2 aromatic carbocycles. The van der Waals surface area contributed by atoms with Gasteiger partial charge < -0.3 is 9.80 Å². The average molecular weight is 405 g/mol. The zero-order valence-electron chi connectivity index (χ0n) is 15.9. The van der Waals surface area contributed by atoms with Gasteiger partial charge in [-0.15, -0.1) is 0 Å². The van der Waals surface area contributed by atoms with E-state index in [1.807, 2.05) is 31.1 Å². The molecule has 0 unspecified atom stereocenters. The Hall–Kier alpha value is -2.45. The van der Waals surface area contributed by atoms with Crippen LogP contribution in [0.1, 0.15) is 23.2 Å². The molecule has 3 rings (SSSR count). The summed E-state index contributed by atoms with van der Waals surface area (Å²) in [7, 11) is 0.174. The van der Waals surface area contributed by atoms with E-state index in [1.165, 1.54) is 12.1 Å². The van der Waals surface area contributed by atoms with Crippen LogP contribution in [-0.4, -0.2) is 52.5 Å². The molecule has 1 N–H and O–H groups in total. The summed E-state index contributed by atoms with van der Waals surface area (Å²) in [4.78, 5) is 16.4. The number of carbonyl (C=O) groups excluding carboxylic acids is 1. The van der Waals surface area contributed by atoms with Gasteiger partial charge in [0.2, 0.25) is 10.0 Å². The fraction of sp³-hybridized carbons (Fsp3) is 0.350. The van der Waals surface area contributed by atoms with Crippen LogP contribution in [0.5, 0.6) is 0 Å². The van der Waals surface area contributed by atoms with E-state index in [0.717, 1.165) is 17.8 Å². The molecule has 28 heavy (non-hydrogen) atoms. The van der Waals surface area contributed by atoms with E-state index in [1.54, 1.807) is 17.0 Å². The number of anilines is 1. The average Bonchev–Trinajstić information content (AvgIpc) is 2.68. The standard InChI is InChI=1S/C20H24FN3O3S/c1-23(2)18-7-3-15(4-8-18)20(25)24-13-11-17(12-14-24)22-28(26,27)19-9-5-16(21)6-10-19/h3-10,17,22H,11-14H2,1-2H3. The van der Waals surface area contributed by atoms with Crippen LogP contribution in [0, 0.1) is 5.82 Å². The molecule has 0 bridgehead atoms. The highest BCUT2D eigenvalue weighted by Crippen LogP contribution is 2.19. The number of hydrogen-bond donors (Lipinski definition) is 1. The lowest BCUT2D eigenvalue weighted by Gasteiger charge is -2.32. The highest BCUT2D eigenvalue weighted by atomic mass is 32.2. The second-order valence-electron chi connectivity index (χ2n) is 7.08. The van der Waals surface area contributed by atoms with Crippen molar-refractivity contribution in [2.45, 2.75) is 23.8 Å². The molecule has 150 valence electrons. The van der Waals surface area contributed by atoms with Crippen molar-refractivity contribution in [3.05, 3.63) is 59.9 Å². The third-order valence-corrected chi connectivity index (χ3v) is 6.39. The van der Waals surface area contributed by atoms with Crippen molar-refractivity contribution in [2.24, 2.45) is 0 Å². The lowest BCUT2D eigenvalue weighted by atomic mass is 10.0. The van der Waals surface area contributed by atoms with Gasteiger partial charge in [-0.25, -0.2) is 17.5 Å². The summed E-state index contributed by atoms with van der Waals surface area (Å²) >= 11 is 0. The highest BCUT2D eigenvalue weighted by molar-refractivity contribution is 7.89. The van der Waals surface area contributed by atoms with Crippen LogP contribution in [0.2, 0.25) is 0 Å². The summed E-state index contributed by atoms with van der Waals surface area (Å²) in [6.45, 7) is 0.954. The monoisotopic (exact) mass is 405 g/mol. The number of hydrogen-bond acceptors (Lipinski definition) is 4. The Balaban J connectivity index is 1.58. The van der Waals surface area contributed by atoms with E-state index in [4.69, 9.17) is 0 Å². The molecule has 1 aliphatic rings. The summed E-state index contributed by atoms with van der Waals surface area (Å²) in [5.41, 5.74) is 1.64. The molecule has 0 aliphatic carbocycles. The minimum atomic E-state index is -3.70. The Morgan fingerprint density at radius 2 is 1.61 bits per heavy atom. The van der Waals surface area contributed by atoms with Gasteiger partial charge >= 0.3 is 0 Å². The second-order valence-corrected chi connectivity index (χ2v) is 8.80. The Labute approximate surface area is 165 Å². The summed E-state index contributed by atoms with van der Waals surface area (Å²) < 4.78 is 40.5. The smallest absolute Gasteiger partial charge is 0.253 e. The van der Waals surface area contributed by atoms with Crippen LogP contribution in [0.4, 0.5) is 10.1 Å². The maximum absolute atomic E-state index is 13.0. The molecule has 0 aromatic heterocycles. The van der Waals surface area contributed by atoms with Crippen LogP contribution in [0.25, 0.3) is 0 Å². The third kappa shape index (κ3) is 4.69. The lowest BCUT2D eigenvalue weighted by molar-refractivity contribution is 0.0711. The molecular formula is C20H24FN3O3S. The SMILES string of the molecule is CN(C)c1ccc(C(=O)N2CCC(NS(=O)(=O)c3ccc(F)cc3)CC2)cc1. The Bertz CT molecular complexity index is 920. The van der Waals surface area contributed by atoms with Crippen molar-refractivity contribution in [3.63, 3.8) is 0 Å². The second kappa shape index (κ2) is 8.28. The van der Waals surface area contributed by atoms with Gasteiger partial charge in [0, 0.05) is 44.5 Å². The van der Waals surface area contributed by atoms with E-state index in [2.05, 4.69) is 4.72 Å². The van der Waals surface area contributed by atoms with Crippen molar-refractivity contribution >= 4 is 21.6 Å². The van der Waals surface area contributed by atoms with Crippen LogP contribution in [0.3, 0.4) is 0 Å². The Morgan fingerprint density at radius 3 is 2.14 bits per heavy atom. The minimum absolute atomic E-state index is 0.0355. The molecule has 1 fully saturated rings. The molecule has 8 heteroatoms. The molecular weight excluding hydrogens is 381 g/mol. The molecule has 1 amide bonds. The third-order valence-electron chi connectivity index (χ3n) is 4.86. The summed E-state index contributed by atoms with van der Waals surface area (Å²) in [5, 5.41) is 0. The highest BCUT2D eigenvalue weighted by Gasteiger charge is 2.27. The van der Waals surface area contributed by atoms with Crippen LogP contribution < -0.4 is 9.62 Å². The van der Waals surface area contributed by atoms with Gasteiger partial charge in [-0.3, -0.25) is 4.79 Å². The number of nitrogens with one attached hydrogen (secondary N) is 1. The van der Waals surface area contributed by atoms with Crippen LogP contribution in [-0.2, 0) is 10.0 Å². The normalized spacial score (nSPS) is 15.5. The number of rotatable bonds is 5. The number of piperidine rings is 1. The predicted molar refractivity (Wildman–Crippen MR) is 106 cm³/mol. The largest absolute Gasteiger partial charge is 0.378 e. The van der Waals surface area contributed by atoms with E-state index in [-0.39, 0.29) is 16.8 Å². The number of benzene rings is 2. The van der Waals surface area contributed by atoms with Crippen molar-refractivity contribution in [2.75, 3.05) is 32.1 Å². The summed E-state index contributed by atoms with van der Waals surface area (Å²) in [5.74, 6) is -0.533. The number of likely N-dealkylation sites (tertiary alicyclic amines) is 1. The molecule has 0 atom stereocenters. The number of carbonyl (C=O) groups is 1. The number of nitrogens with zero attached hydrogens (tertiary/aromatic N) is 2. The Kier molecular flexibility index (Phi) is 6.00. The van der Waals surface area contributed by atoms with Crippen molar-refractivity contribution in [3.8, 4) is 0 Å². The molecule has 1 aliphatic heterocycles. The van der Waals surface area contributed by atoms with Gasteiger partial charge in [0.15, 0.2) is 0 Å². The molecule has 0 spiro atoms. The maximum atomic E-state index is 13.0. The lowest BCUT2D eigenvalue weighted by Crippen LogP contribution is -2.46. The van der Waals surface area contributed by atoms with E-state index >= 15 is 0 Å². The zero-order chi connectivity index (χ0) is 20.3. The van der Waals surface area contributed by atoms with Crippen molar-refractivity contribution < 1.29 is 17.6 Å². The zero-order valence-corrected chi connectivity index (χ0v) is 16.7. The number of sulfonamides is 1. The molecule has 0 saturated carbocycles. The van der Waals surface area contributed by atoms with Gasteiger partial charge in [-0.2, -0.15) is 0 Å². The van der Waals surface area contributed by atoms with E-state index in [0.29, 0.717) is 31.5 Å². The first-order valence-corrected chi connectivity index (χ1v) is 10.6. The number of halogens is 1. The quantitative estimate of drug-likeness (QED) is 0.830. The van der Waals surface area contributed by atoms with Crippen molar-refractivity contribution in [1.82, 2.24) is 9.62 Å². The topological polar surface area (TPSA) is 69.7 Å². The number of amides is 1. The molecule has 6 nitrogen and oxygen atoms in total. The van der Waals surface area contributed by atoms with E-state index in [9.17, 15) is 17.6 Å². The molecule has 1 heterocycles. The predicted octanol–water partition coefficient (Wildman–Crippen LogP) is 2.47. The first-order chi connectivity index (χ1) is 13.3. The molecule has 2 aromatic rings. The first kappa shape index (κ1) is 20.3. The van der Waals surface area contributed by atoms with Gasteiger partial charge in [-0.05, 0) is 61.4 Å².